The Kier molecular flexibility index (Phi) is 5.67. The molecule has 0 radical (unpaired) electrons. The molecule has 7 aromatic carbocycles. The SMILES string of the molecule is C1=CC(Nc2ccccc2)C(c2cc3c4ccccc4ccc3c3ccccc23)C=C1c1ccc2ccccc2c1. The van der Waals surface area contributed by atoms with Gasteiger partial charge in [0.15, 0.2) is 0 Å². The molecule has 1 N–H and O–H groups in total. The van der Waals surface area contributed by atoms with Crippen molar-refractivity contribution in [2.45, 2.75) is 12.0 Å². The predicted octanol–water partition coefficient (Wildman–Crippen LogP) is 10.5. The van der Waals surface area contributed by atoms with Crippen LogP contribution in [0.2, 0.25) is 0 Å². The Balaban J connectivity index is 1.36. The van der Waals surface area contributed by atoms with Crippen molar-refractivity contribution in [2.75, 3.05) is 5.32 Å². The fraction of sp³-hybridized carbons (Fsp3) is 0.0500. The Morgan fingerprint density at radius 1 is 0.463 bits per heavy atom. The smallest absolute Gasteiger partial charge is 0.0551 e. The second kappa shape index (κ2) is 9.80. The molecule has 1 heteroatoms. The molecule has 1 aliphatic carbocycles. The number of allylic oxidation sites excluding steroid dienone is 2. The van der Waals surface area contributed by atoms with E-state index in [4.69, 9.17) is 0 Å². The summed E-state index contributed by atoms with van der Waals surface area (Å²) in [6.45, 7) is 0. The maximum absolute atomic E-state index is 3.85. The van der Waals surface area contributed by atoms with Gasteiger partial charge in [-0.2, -0.15) is 0 Å². The van der Waals surface area contributed by atoms with E-state index in [0.29, 0.717) is 0 Å². The van der Waals surface area contributed by atoms with Gasteiger partial charge in [0.05, 0.1) is 6.04 Å². The lowest BCUT2D eigenvalue weighted by atomic mass is 9.80. The largest absolute Gasteiger partial charge is 0.378 e. The number of benzene rings is 7. The van der Waals surface area contributed by atoms with Gasteiger partial charge >= 0.3 is 0 Å². The summed E-state index contributed by atoms with van der Waals surface area (Å²) in [6, 6.07) is 50.7. The molecule has 0 heterocycles. The number of hydrogen-bond acceptors (Lipinski definition) is 1. The van der Waals surface area contributed by atoms with Gasteiger partial charge in [-0.05, 0) is 84.1 Å². The van der Waals surface area contributed by atoms with Crippen molar-refractivity contribution in [3.8, 4) is 0 Å². The van der Waals surface area contributed by atoms with Crippen molar-refractivity contribution >= 4 is 54.4 Å². The first-order chi connectivity index (χ1) is 20.3. The van der Waals surface area contributed by atoms with Crippen LogP contribution in [0.3, 0.4) is 0 Å². The number of anilines is 1. The maximum atomic E-state index is 3.85. The van der Waals surface area contributed by atoms with E-state index in [1.807, 2.05) is 0 Å². The Bertz CT molecular complexity index is 2130. The van der Waals surface area contributed by atoms with Gasteiger partial charge < -0.3 is 5.32 Å². The highest BCUT2D eigenvalue weighted by atomic mass is 14.9. The maximum Gasteiger partial charge on any atom is 0.0551 e. The number of hydrogen-bond donors (Lipinski definition) is 1. The second-order valence-corrected chi connectivity index (χ2v) is 11.0. The van der Waals surface area contributed by atoms with Crippen LogP contribution in [-0.2, 0) is 0 Å². The molecule has 0 bridgehead atoms. The fourth-order valence-electron chi connectivity index (χ4n) is 6.55. The summed E-state index contributed by atoms with van der Waals surface area (Å²) in [4.78, 5) is 0. The van der Waals surface area contributed by atoms with Crippen molar-refractivity contribution in [2.24, 2.45) is 0 Å². The first kappa shape index (κ1) is 23.7. The first-order valence-corrected chi connectivity index (χ1v) is 14.4. The molecular weight excluding hydrogens is 494 g/mol. The predicted molar refractivity (Wildman–Crippen MR) is 177 cm³/mol. The standard InChI is InChI=1S/C40H29N/c1-2-13-32(14-3-1)41-40-23-21-31(30-19-18-27-10-4-5-12-29(27)24-30)25-39(40)38-26-37-33-15-7-6-11-28(33)20-22-36(37)34-16-8-9-17-35(34)38/h1-26,39-41H. The molecule has 0 amide bonds. The highest BCUT2D eigenvalue weighted by molar-refractivity contribution is 6.18. The third kappa shape index (κ3) is 4.18. The number of fused-ring (bicyclic) bond motifs is 6. The molecule has 194 valence electrons. The summed E-state index contributed by atoms with van der Waals surface area (Å²) < 4.78 is 0. The van der Waals surface area contributed by atoms with Crippen molar-refractivity contribution in [1.29, 1.82) is 0 Å². The molecule has 0 aromatic heterocycles. The van der Waals surface area contributed by atoms with Crippen LogP contribution >= 0.6 is 0 Å². The van der Waals surface area contributed by atoms with Crippen molar-refractivity contribution in [1.82, 2.24) is 0 Å². The van der Waals surface area contributed by atoms with Gasteiger partial charge in [0.1, 0.15) is 0 Å². The van der Waals surface area contributed by atoms with Crippen LogP contribution in [-0.4, -0.2) is 6.04 Å². The lowest BCUT2D eigenvalue weighted by Crippen LogP contribution is -2.26. The van der Waals surface area contributed by atoms with Crippen LogP contribution in [0, 0.1) is 0 Å². The van der Waals surface area contributed by atoms with E-state index in [1.165, 1.54) is 59.8 Å². The minimum absolute atomic E-state index is 0.109. The van der Waals surface area contributed by atoms with Crippen molar-refractivity contribution in [3.05, 3.63) is 169 Å². The highest BCUT2D eigenvalue weighted by Gasteiger charge is 2.26. The second-order valence-electron chi connectivity index (χ2n) is 11.0. The van der Waals surface area contributed by atoms with E-state index in [9.17, 15) is 0 Å². The molecule has 0 aliphatic heterocycles. The van der Waals surface area contributed by atoms with E-state index in [2.05, 4.69) is 163 Å². The molecule has 1 aliphatic rings. The highest BCUT2D eigenvalue weighted by Crippen LogP contribution is 2.41. The lowest BCUT2D eigenvalue weighted by molar-refractivity contribution is 0.765. The molecule has 0 saturated heterocycles. The molecule has 7 aromatic rings. The summed E-state index contributed by atoms with van der Waals surface area (Å²) in [5.74, 6) is 0.134. The average molecular weight is 524 g/mol. The number of para-hydroxylation sites is 1. The van der Waals surface area contributed by atoms with Crippen LogP contribution in [0.5, 0.6) is 0 Å². The third-order valence-corrected chi connectivity index (χ3v) is 8.58. The molecule has 0 saturated carbocycles. The van der Waals surface area contributed by atoms with E-state index >= 15 is 0 Å². The van der Waals surface area contributed by atoms with E-state index in [0.717, 1.165) is 5.69 Å². The van der Waals surface area contributed by atoms with E-state index < -0.39 is 0 Å². The molecule has 0 spiro atoms. The quantitative estimate of drug-likeness (QED) is 0.226. The Labute approximate surface area is 240 Å². The van der Waals surface area contributed by atoms with Gasteiger partial charge in [-0.3, -0.25) is 0 Å². The van der Waals surface area contributed by atoms with Gasteiger partial charge in [0.2, 0.25) is 0 Å². The summed E-state index contributed by atoms with van der Waals surface area (Å²) in [5, 5.41) is 14.2. The summed E-state index contributed by atoms with van der Waals surface area (Å²) >= 11 is 0. The zero-order valence-corrected chi connectivity index (χ0v) is 22.7. The lowest BCUT2D eigenvalue weighted by Gasteiger charge is -2.30. The zero-order valence-electron chi connectivity index (χ0n) is 22.7. The van der Waals surface area contributed by atoms with Crippen LogP contribution < -0.4 is 5.32 Å². The van der Waals surface area contributed by atoms with Crippen molar-refractivity contribution in [3.63, 3.8) is 0 Å². The van der Waals surface area contributed by atoms with Gasteiger partial charge in [-0.1, -0.05) is 133 Å². The zero-order chi connectivity index (χ0) is 27.2. The monoisotopic (exact) mass is 523 g/mol. The molecular formula is C40H29N. The van der Waals surface area contributed by atoms with Gasteiger partial charge in [-0.25, -0.2) is 0 Å². The molecule has 2 atom stereocenters. The minimum atomic E-state index is 0.109. The molecule has 8 rings (SSSR count). The van der Waals surface area contributed by atoms with E-state index in [-0.39, 0.29) is 12.0 Å². The molecule has 0 fully saturated rings. The van der Waals surface area contributed by atoms with Gasteiger partial charge in [-0.15, -0.1) is 0 Å². The van der Waals surface area contributed by atoms with Gasteiger partial charge in [0.25, 0.3) is 0 Å². The summed E-state index contributed by atoms with van der Waals surface area (Å²) in [6.07, 6.45) is 7.12. The molecule has 41 heavy (non-hydrogen) atoms. The normalized spacial score (nSPS) is 16.8. The van der Waals surface area contributed by atoms with E-state index in [1.54, 1.807) is 0 Å². The first-order valence-electron chi connectivity index (χ1n) is 14.4. The minimum Gasteiger partial charge on any atom is -0.378 e. The fourth-order valence-corrected chi connectivity index (χ4v) is 6.55. The Morgan fingerprint density at radius 2 is 1.12 bits per heavy atom. The van der Waals surface area contributed by atoms with Crippen LogP contribution in [0.4, 0.5) is 5.69 Å². The molecule has 1 nitrogen and oxygen atoms in total. The van der Waals surface area contributed by atoms with Gasteiger partial charge in [0, 0.05) is 11.6 Å². The topological polar surface area (TPSA) is 12.0 Å². The van der Waals surface area contributed by atoms with Crippen LogP contribution in [0.1, 0.15) is 17.0 Å². The number of rotatable bonds is 4. The van der Waals surface area contributed by atoms with Crippen LogP contribution in [0.25, 0.3) is 48.7 Å². The third-order valence-electron chi connectivity index (χ3n) is 8.58. The summed E-state index contributed by atoms with van der Waals surface area (Å²) in [7, 11) is 0. The van der Waals surface area contributed by atoms with Crippen LogP contribution in [0.15, 0.2) is 158 Å². The Morgan fingerprint density at radius 3 is 1.98 bits per heavy atom. The Hall–Kier alpha value is -5.14. The number of nitrogens with one attached hydrogen (secondary N) is 1. The summed E-state index contributed by atoms with van der Waals surface area (Å²) in [5.41, 5.74) is 4.98. The van der Waals surface area contributed by atoms with Crippen molar-refractivity contribution < 1.29 is 0 Å². The average Bonchev–Trinajstić information content (AvgIpc) is 3.04. The molecule has 2 unspecified atom stereocenters.